The molecule has 0 spiro atoms. The van der Waals surface area contributed by atoms with E-state index in [-0.39, 0.29) is 17.2 Å². The van der Waals surface area contributed by atoms with Gasteiger partial charge in [0.1, 0.15) is 12.4 Å². The van der Waals surface area contributed by atoms with Crippen LogP contribution in [0.5, 0.6) is 0 Å². The first-order valence-electron chi connectivity index (χ1n) is 7.94. The van der Waals surface area contributed by atoms with E-state index in [1.807, 2.05) is 17.7 Å². The zero-order valence-corrected chi connectivity index (χ0v) is 13.6. The van der Waals surface area contributed by atoms with Gasteiger partial charge in [-0.05, 0) is 24.8 Å². The summed E-state index contributed by atoms with van der Waals surface area (Å²) < 4.78 is 3.71. The van der Waals surface area contributed by atoms with Crippen molar-refractivity contribution < 1.29 is 4.79 Å². The number of anilines is 1. The van der Waals surface area contributed by atoms with E-state index in [0.717, 1.165) is 29.9 Å². The van der Waals surface area contributed by atoms with Crippen molar-refractivity contribution in [2.24, 2.45) is 5.41 Å². The topological polar surface area (TPSA) is 77.6 Å². The fraction of sp³-hybridized carbons (Fsp3) is 0.500. The monoisotopic (exact) mass is 312 g/mol. The maximum atomic E-state index is 12.9. The lowest BCUT2D eigenvalue weighted by Gasteiger charge is -2.38. The zero-order chi connectivity index (χ0) is 16.2. The normalized spacial score (nSPS) is 22.6. The molecule has 2 aromatic rings. The van der Waals surface area contributed by atoms with Crippen molar-refractivity contribution in [2.45, 2.75) is 46.2 Å². The molecular weight excluding hydrogens is 292 g/mol. The molecule has 1 aliphatic carbocycles. The Labute approximate surface area is 134 Å². The number of allylic oxidation sites excluding steroid dienone is 2. The third-order valence-corrected chi connectivity index (χ3v) is 4.60. The summed E-state index contributed by atoms with van der Waals surface area (Å²) in [5, 5.41) is 12.0. The summed E-state index contributed by atoms with van der Waals surface area (Å²) in [7, 11) is 0. The highest BCUT2D eigenvalue weighted by atomic mass is 16.1. The molecule has 0 saturated carbocycles. The molecule has 0 unspecified atom stereocenters. The minimum atomic E-state index is -0.255. The van der Waals surface area contributed by atoms with Gasteiger partial charge in [0.2, 0.25) is 5.95 Å². The Balaban J connectivity index is 1.92. The predicted molar refractivity (Wildman–Crippen MR) is 84.7 cm³/mol. The first kappa shape index (κ1) is 14.2. The van der Waals surface area contributed by atoms with E-state index < -0.39 is 0 Å². The van der Waals surface area contributed by atoms with Crippen LogP contribution in [0.15, 0.2) is 29.9 Å². The van der Waals surface area contributed by atoms with Gasteiger partial charge in [-0.2, -0.15) is 15.2 Å². The third kappa shape index (κ3) is 2.10. The van der Waals surface area contributed by atoms with E-state index in [9.17, 15) is 4.79 Å². The van der Waals surface area contributed by atoms with Crippen molar-refractivity contribution in [1.82, 2.24) is 24.5 Å². The fourth-order valence-electron chi connectivity index (χ4n) is 3.66. The molecule has 2 aliphatic rings. The molecule has 0 amide bonds. The number of aryl methyl sites for hydroxylation is 1. The van der Waals surface area contributed by atoms with Crippen molar-refractivity contribution in [1.29, 1.82) is 0 Å². The SMILES string of the molecule is CCn1nccc1[C@@H]1C2=C(CC(C)(C)CC2=O)Nc2ncnn21. The van der Waals surface area contributed by atoms with Gasteiger partial charge >= 0.3 is 0 Å². The summed E-state index contributed by atoms with van der Waals surface area (Å²) in [4.78, 5) is 17.2. The van der Waals surface area contributed by atoms with Gasteiger partial charge in [-0.1, -0.05) is 13.8 Å². The Morgan fingerprint density at radius 1 is 1.35 bits per heavy atom. The number of nitrogens with one attached hydrogen (secondary N) is 1. The Bertz CT molecular complexity index is 812. The number of rotatable bonds is 2. The number of Topliss-reactive ketones (excluding diaryl/α,β-unsaturated/α-hetero) is 1. The van der Waals surface area contributed by atoms with Crippen LogP contribution in [0.3, 0.4) is 0 Å². The summed E-state index contributed by atoms with van der Waals surface area (Å²) in [6.45, 7) is 7.04. The van der Waals surface area contributed by atoms with E-state index in [1.54, 1.807) is 10.9 Å². The number of carbonyl (C=O) groups excluding carboxylic acids is 1. The first-order valence-corrected chi connectivity index (χ1v) is 7.94. The summed E-state index contributed by atoms with van der Waals surface area (Å²) in [5.41, 5.74) is 2.71. The highest BCUT2D eigenvalue weighted by Gasteiger charge is 2.42. The average Bonchev–Trinajstić information content (AvgIpc) is 3.11. The molecule has 1 N–H and O–H groups in total. The quantitative estimate of drug-likeness (QED) is 0.919. The van der Waals surface area contributed by atoms with E-state index >= 15 is 0 Å². The van der Waals surface area contributed by atoms with Crippen LogP contribution in [-0.4, -0.2) is 30.3 Å². The highest BCUT2D eigenvalue weighted by molar-refractivity contribution is 5.99. The molecule has 0 radical (unpaired) electrons. The molecule has 23 heavy (non-hydrogen) atoms. The standard InChI is InChI=1S/C16H20N6O/c1-4-21-11(5-6-18-21)14-13-10(7-16(2,3)8-12(13)23)20-15-17-9-19-22(14)15/h5-6,9,14H,4,7-8H2,1-3H3,(H,17,19,20)/t14-/m1/s1. The lowest BCUT2D eigenvalue weighted by atomic mass is 9.73. The van der Waals surface area contributed by atoms with Gasteiger partial charge in [0.05, 0.1) is 5.69 Å². The molecule has 0 fully saturated rings. The molecule has 0 aromatic carbocycles. The lowest BCUT2D eigenvalue weighted by molar-refractivity contribution is -0.118. The molecular formula is C16H20N6O. The van der Waals surface area contributed by atoms with Crippen LogP contribution in [0.4, 0.5) is 5.95 Å². The number of nitrogens with zero attached hydrogens (tertiary/aromatic N) is 5. The van der Waals surface area contributed by atoms with Crippen LogP contribution in [0.25, 0.3) is 0 Å². The maximum absolute atomic E-state index is 12.9. The summed E-state index contributed by atoms with van der Waals surface area (Å²) in [6, 6.07) is 1.71. The van der Waals surface area contributed by atoms with Crippen molar-refractivity contribution in [3.63, 3.8) is 0 Å². The largest absolute Gasteiger partial charge is 0.328 e. The van der Waals surface area contributed by atoms with E-state index in [0.29, 0.717) is 12.4 Å². The molecule has 1 aliphatic heterocycles. The van der Waals surface area contributed by atoms with Gasteiger partial charge in [-0.3, -0.25) is 9.48 Å². The van der Waals surface area contributed by atoms with Crippen LogP contribution < -0.4 is 5.32 Å². The number of carbonyl (C=O) groups is 1. The van der Waals surface area contributed by atoms with E-state index in [1.165, 1.54) is 6.33 Å². The lowest BCUT2D eigenvalue weighted by Crippen LogP contribution is -2.37. The maximum Gasteiger partial charge on any atom is 0.226 e. The smallest absolute Gasteiger partial charge is 0.226 e. The molecule has 1 atom stereocenters. The Hall–Kier alpha value is -2.44. The van der Waals surface area contributed by atoms with Crippen molar-refractivity contribution in [3.8, 4) is 0 Å². The molecule has 0 bridgehead atoms. The molecule has 4 rings (SSSR count). The summed E-state index contributed by atoms with van der Waals surface area (Å²) in [6.07, 6.45) is 4.68. The highest BCUT2D eigenvalue weighted by Crippen LogP contribution is 2.44. The molecule has 0 saturated heterocycles. The second kappa shape index (κ2) is 4.78. The Morgan fingerprint density at radius 2 is 2.17 bits per heavy atom. The molecule has 2 aromatic heterocycles. The molecule has 7 nitrogen and oxygen atoms in total. The average molecular weight is 312 g/mol. The minimum Gasteiger partial charge on any atom is -0.328 e. The van der Waals surface area contributed by atoms with Gasteiger partial charge in [0, 0.05) is 30.4 Å². The van der Waals surface area contributed by atoms with Crippen LogP contribution in [0, 0.1) is 5.41 Å². The predicted octanol–water partition coefficient (Wildman–Crippen LogP) is 2.15. The Morgan fingerprint density at radius 3 is 2.96 bits per heavy atom. The minimum absolute atomic E-state index is 0.0410. The number of fused-ring (bicyclic) bond motifs is 1. The third-order valence-electron chi connectivity index (χ3n) is 4.60. The van der Waals surface area contributed by atoms with Crippen LogP contribution in [0.1, 0.15) is 45.3 Å². The fourth-order valence-corrected chi connectivity index (χ4v) is 3.66. The number of hydrogen-bond donors (Lipinski definition) is 1. The van der Waals surface area contributed by atoms with Crippen molar-refractivity contribution in [3.05, 3.63) is 35.6 Å². The van der Waals surface area contributed by atoms with Gasteiger partial charge in [-0.25, -0.2) is 4.68 Å². The van der Waals surface area contributed by atoms with Gasteiger partial charge in [0.15, 0.2) is 5.78 Å². The number of aromatic nitrogens is 5. The summed E-state index contributed by atoms with van der Waals surface area (Å²) >= 11 is 0. The zero-order valence-electron chi connectivity index (χ0n) is 13.6. The molecule has 120 valence electrons. The van der Waals surface area contributed by atoms with Gasteiger partial charge in [0.25, 0.3) is 0 Å². The molecule has 7 heteroatoms. The van der Waals surface area contributed by atoms with E-state index in [2.05, 4.69) is 34.3 Å². The van der Waals surface area contributed by atoms with Crippen molar-refractivity contribution in [2.75, 3.05) is 5.32 Å². The molecule has 3 heterocycles. The summed E-state index contributed by atoms with van der Waals surface area (Å²) in [5.74, 6) is 0.863. The second-order valence-corrected chi connectivity index (χ2v) is 6.96. The number of ketones is 1. The number of hydrogen-bond acceptors (Lipinski definition) is 5. The van der Waals surface area contributed by atoms with Crippen LogP contribution >= 0.6 is 0 Å². The van der Waals surface area contributed by atoms with Gasteiger partial charge < -0.3 is 5.32 Å². The van der Waals surface area contributed by atoms with Crippen molar-refractivity contribution >= 4 is 11.7 Å². The second-order valence-electron chi connectivity index (χ2n) is 6.96. The Kier molecular flexibility index (Phi) is 2.94. The van der Waals surface area contributed by atoms with Crippen LogP contribution in [0.2, 0.25) is 0 Å². The van der Waals surface area contributed by atoms with Gasteiger partial charge in [-0.15, -0.1) is 0 Å². The first-order chi connectivity index (χ1) is 11.0. The van der Waals surface area contributed by atoms with Crippen LogP contribution in [-0.2, 0) is 11.3 Å². The van der Waals surface area contributed by atoms with E-state index in [4.69, 9.17) is 0 Å².